The summed E-state index contributed by atoms with van der Waals surface area (Å²) in [7, 11) is 3.57. The predicted molar refractivity (Wildman–Crippen MR) is 90.2 cm³/mol. The van der Waals surface area contributed by atoms with E-state index in [0.29, 0.717) is 17.8 Å². The standard InChI is InChI=1S/C17H27N5O3/c1-20(2)17(23)21-8-5-12(6-9-21)16-18-15(19-25-16)14-10-22-7-3-4-13(22)11-24-14/h12-14H,3-11H2,1-2H3. The number of hydrogen-bond acceptors (Lipinski definition) is 6. The van der Waals surface area contributed by atoms with Crippen LogP contribution in [0, 0.1) is 0 Å². The van der Waals surface area contributed by atoms with Crippen LogP contribution >= 0.6 is 0 Å². The second-order valence-corrected chi connectivity index (χ2v) is 7.54. The molecule has 1 aromatic rings. The maximum Gasteiger partial charge on any atom is 0.319 e. The van der Waals surface area contributed by atoms with Crippen molar-refractivity contribution >= 4 is 6.03 Å². The lowest BCUT2D eigenvalue weighted by Crippen LogP contribution is -2.43. The van der Waals surface area contributed by atoms with Crippen molar-refractivity contribution in [3.63, 3.8) is 0 Å². The van der Waals surface area contributed by atoms with E-state index in [1.165, 1.54) is 12.8 Å². The van der Waals surface area contributed by atoms with Crippen molar-refractivity contribution in [2.45, 2.75) is 43.7 Å². The third-order valence-electron chi connectivity index (χ3n) is 5.63. The number of rotatable bonds is 2. The zero-order valence-corrected chi connectivity index (χ0v) is 15.1. The van der Waals surface area contributed by atoms with Crippen LogP contribution in [0.3, 0.4) is 0 Å². The molecule has 4 rings (SSSR count). The summed E-state index contributed by atoms with van der Waals surface area (Å²) in [6.45, 7) is 4.23. The number of piperidine rings is 1. The smallest absolute Gasteiger partial charge is 0.319 e. The molecule has 8 heteroatoms. The highest BCUT2D eigenvalue weighted by molar-refractivity contribution is 5.73. The number of likely N-dealkylation sites (tertiary alicyclic amines) is 1. The van der Waals surface area contributed by atoms with Crippen LogP contribution in [0.25, 0.3) is 0 Å². The van der Waals surface area contributed by atoms with Gasteiger partial charge in [0.1, 0.15) is 6.10 Å². The molecular weight excluding hydrogens is 322 g/mol. The normalized spacial score (nSPS) is 28.2. The summed E-state index contributed by atoms with van der Waals surface area (Å²) in [5, 5.41) is 4.19. The predicted octanol–water partition coefficient (Wildman–Crippen LogP) is 1.47. The van der Waals surface area contributed by atoms with Gasteiger partial charge in [-0.15, -0.1) is 0 Å². The number of ether oxygens (including phenoxy) is 1. The fraction of sp³-hybridized carbons (Fsp3) is 0.824. The molecule has 1 aromatic heterocycles. The Bertz CT molecular complexity index is 611. The maximum absolute atomic E-state index is 12.0. The lowest BCUT2D eigenvalue weighted by Gasteiger charge is -2.33. The Kier molecular flexibility index (Phi) is 4.64. The molecule has 2 atom stereocenters. The Morgan fingerprint density at radius 1 is 1.20 bits per heavy atom. The molecule has 138 valence electrons. The summed E-state index contributed by atoms with van der Waals surface area (Å²) >= 11 is 0. The van der Waals surface area contributed by atoms with Gasteiger partial charge in [0.15, 0.2) is 0 Å². The molecule has 3 saturated heterocycles. The van der Waals surface area contributed by atoms with Crippen LogP contribution in [0.4, 0.5) is 4.79 Å². The van der Waals surface area contributed by atoms with Crippen molar-refractivity contribution in [1.29, 1.82) is 0 Å². The molecule has 0 aromatic carbocycles. The van der Waals surface area contributed by atoms with Gasteiger partial charge in [-0.05, 0) is 32.2 Å². The van der Waals surface area contributed by atoms with Crippen molar-refractivity contribution in [2.75, 3.05) is 46.9 Å². The highest BCUT2D eigenvalue weighted by Crippen LogP contribution is 2.31. The van der Waals surface area contributed by atoms with Crippen molar-refractivity contribution in [3.8, 4) is 0 Å². The Morgan fingerprint density at radius 2 is 2.00 bits per heavy atom. The van der Waals surface area contributed by atoms with E-state index in [2.05, 4.69) is 15.0 Å². The Morgan fingerprint density at radius 3 is 2.76 bits per heavy atom. The van der Waals surface area contributed by atoms with Gasteiger partial charge in [-0.3, -0.25) is 4.90 Å². The number of urea groups is 1. The molecular formula is C17H27N5O3. The first-order chi connectivity index (χ1) is 12.1. The van der Waals surface area contributed by atoms with Crippen molar-refractivity contribution < 1.29 is 14.1 Å². The Balaban J connectivity index is 1.35. The molecule has 0 aliphatic carbocycles. The number of fused-ring (bicyclic) bond motifs is 1. The number of morpholine rings is 1. The monoisotopic (exact) mass is 349 g/mol. The van der Waals surface area contributed by atoms with E-state index in [-0.39, 0.29) is 18.1 Å². The van der Waals surface area contributed by atoms with E-state index in [9.17, 15) is 4.79 Å². The summed E-state index contributed by atoms with van der Waals surface area (Å²) in [4.78, 5) is 22.6. The van der Waals surface area contributed by atoms with E-state index in [1.807, 2.05) is 4.90 Å². The largest absolute Gasteiger partial charge is 0.367 e. The molecule has 25 heavy (non-hydrogen) atoms. The lowest BCUT2D eigenvalue weighted by molar-refractivity contribution is -0.0548. The van der Waals surface area contributed by atoms with Crippen LogP contribution < -0.4 is 0 Å². The fourth-order valence-corrected chi connectivity index (χ4v) is 4.12. The SMILES string of the molecule is CN(C)C(=O)N1CCC(c2nc(C3CN4CCCC4CO3)no2)CC1. The zero-order chi connectivity index (χ0) is 17.4. The van der Waals surface area contributed by atoms with Gasteiger partial charge >= 0.3 is 6.03 Å². The van der Waals surface area contributed by atoms with E-state index in [0.717, 1.165) is 45.6 Å². The second-order valence-electron chi connectivity index (χ2n) is 7.54. The molecule has 2 unspecified atom stereocenters. The first-order valence-electron chi connectivity index (χ1n) is 9.27. The highest BCUT2D eigenvalue weighted by Gasteiger charge is 2.36. The van der Waals surface area contributed by atoms with Gasteiger partial charge in [0.25, 0.3) is 0 Å². The van der Waals surface area contributed by atoms with Crippen LogP contribution in [-0.4, -0.2) is 83.8 Å². The number of hydrogen-bond donors (Lipinski definition) is 0. The summed E-state index contributed by atoms with van der Waals surface area (Å²) in [6.07, 6.45) is 4.13. The van der Waals surface area contributed by atoms with Crippen LogP contribution in [-0.2, 0) is 4.74 Å². The minimum absolute atomic E-state index is 0.0699. The molecule has 0 spiro atoms. The molecule has 3 fully saturated rings. The average molecular weight is 349 g/mol. The Hall–Kier alpha value is -1.67. The molecule has 0 radical (unpaired) electrons. The van der Waals surface area contributed by atoms with Gasteiger partial charge < -0.3 is 19.1 Å². The summed E-state index contributed by atoms with van der Waals surface area (Å²) < 4.78 is 11.5. The molecule has 3 aliphatic heterocycles. The van der Waals surface area contributed by atoms with E-state index >= 15 is 0 Å². The molecule has 3 aliphatic rings. The van der Waals surface area contributed by atoms with Crippen LogP contribution in [0.5, 0.6) is 0 Å². The van der Waals surface area contributed by atoms with Gasteiger partial charge in [0.2, 0.25) is 11.7 Å². The van der Waals surface area contributed by atoms with E-state index < -0.39 is 0 Å². The van der Waals surface area contributed by atoms with E-state index in [4.69, 9.17) is 9.26 Å². The van der Waals surface area contributed by atoms with Crippen molar-refractivity contribution in [1.82, 2.24) is 24.8 Å². The molecule has 0 bridgehead atoms. The average Bonchev–Trinajstić information content (AvgIpc) is 3.29. The number of carbonyl (C=O) groups excluding carboxylic acids is 1. The first-order valence-corrected chi connectivity index (χ1v) is 9.27. The quantitative estimate of drug-likeness (QED) is 0.805. The van der Waals surface area contributed by atoms with Crippen LogP contribution in [0.2, 0.25) is 0 Å². The number of nitrogens with zero attached hydrogens (tertiary/aromatic N) is 5. The van der Waals surface area contributed by atoms with E-state index in [1.54, 1.807) is 19.0 Å². The second kappa shape index (κ2) is 6.92. The zero-order valence-electron chi connectivity index (χ0n) is 15.1. The fourth-order valence-electron chi connectivity index (χ4n) is 4.12. The third-order valence-corrected chi connectivity index (χ3v) is 5.63. The molecule has 0 N–H and O–H groups in total. The summed E-state index contributed by atoms with van der Waals surface area (Å²) in [6, 6.07) is 0.640. The minimum atomic E-state index is -0.0812. The number of amides is 2. The van der Waals surface area contributed by atoms with Gasteiger partial charge in [-0.2, -0.15) is 4.98 Å². The van der Waals surface area contributed by atoms with Gasteiger partial charge in [0.05, 0.1) is 6.61 Å². The Labute approximate surface area is 148 Å². The summed E-state index contributed by atoms with van der Waals surface area (Å²) in [5.74, 6) is 1.60. The van der Waals surface area contributed by atoms with Crippen LogP contribution in [0.1, 0.15) is 49.4 Å². The highest BCUT2D eigenvalue weighted by atomic mass is 16.5. The summed E-state index contributed by atoms with van der Waals surface area (Å²) in [5.41, 5.74) is 0. The number of aromatic nitrogens is 2. The van der Waals surface area contributed by atoms with Crippen molar-refractivity contribution in [2.24, 2.45) is 0 Å². The topological polar surface area (TPSA) is 74.9 Å². The van der Waals surface area contributed by atoms with Gasteiger partial charge in [0, 0.05) is 45.7 Å². The molecule has 2 amide bonds. The molecule has 0 saturated carbocycles. The molecule has 8 nitrogen and oxygen atoms in total. The van der Waals surface area contributed by atoms with Crippen molar-refractivity contribution in [3.05, 3.63) is 11.7 Å². The lowest BCUT2D eigenvalue weighted by atomic mass is 9.97. The van der Waals surface area contributed by atoms with Gasteiger partial charge in [-0.25, -0.2) is 4.79 Å². The molecule has 4 heterocycles. The first kappa shape index (κ1) is 16.8. The third kappa shape index (κ3) is 3.37. The number of carbonyl (C=O) groups is 1. The van der Waals surface area contributed by atoms with Crippen LogP contribution in [0.15, 0.2) is 4.52 Å². The maximum atomic E-state index is 12.0. The van der Waals surface area contributed by atoms with Gasteiger partial charge in [-0.1, -0.05) is 5.16 Å². The minimum Gasteiger partial charge on any atom is -0.367 e.